The van der Waals surface area contributed by atoms with Gasteiger partial charge in [0.15, 0.2) is 0 Å². The predicted molar refractivity (Wildman–Crippen MR) is 110 cm³/mol. The van der Waals surface area contributed by atoms with E-state index >= 15 is 0 Å². The highest BCUT2D eigenvalue weighted by molar-refractivity contribution is 5.46. The summed E-state index contributed by atoms with van der Waals surface area (Å²) in [6.07, 6.45) is 0.547. The lowest BCUT2D eigenvalue weighted by Gasteiger charge is -2.11. The normalized spacial score (nSPS) is 11.4. The average molecular weight is 356 g/mol. The van der Waals surface area contributed by atoms with Gasteiger partial charge < -0.3 is 10.1 Å². The summed E-state index contributed by atoms with van der Waals surface area (Å²) in [5, 5.41) is 12.2. The van der Waals surface area contributed by atoms with Crippen molar-refractivity contribution in [2.75, 3.05) is 5.32 Å². The predicted octanol–water partition coefficient (Wildman–Crippen LogP) is 5.89. The maximum Gasteiger partial charge on any atom is 0.119 e. The third-order valence-corrected chi connectivity index (χ3v) is 4.55. The fraction of sp³-hybridized carbons (Fsp3) is 0.208. The molecule has 0 heterocycles. The van der Waals surface area contributed by atoms with E-state index in [0.29, 0.717) is 13.0 Å². The molecule has 3 heteroatoms. The lowest BCUT2D eigenvalue weighted by Crippen LogP contribution is -2.00. The number of hydrogen-bond donors (Lipinski definition) is 1. The zero-order valence-corrected chi connectivity index (χ0v) is 15.6. The lowest BCUT2D eigenvalue weighted by molar-refractivity contribution is 0.306. The van der Waals surface area contributed by atoms with Crippen LogP contribution >= 0.6 is 0 Å². The van der Waals surface area contributed by atoms with E-state index in [1.165, 1.54) is 11.1 Å². The van der Waals surface area contributed by atoms with Gasteiger partial charge in [0.25, 0.3) is 0 Å². The molecule has 27 heavy (non-hydrogen) atoms. The van der Waals surface area contributed by atoms with E-state index in [1.54, 1.807) is 0 Å². The molecule has 0 fully saturated rings. The van der Waals surface area contributed by atoms with Crippen molar-refractivity contribution in [1.82, 2.24) is 0 Å². The minimum atomic E-state index is 0.271. The Labute approximate surface area is 161 Å². The van der Waals surface area contributed by atoms with Gasteiger partial charge in [-0.25, -0.2) is 0 Å². The Bertz CT molecular complexity index is 865. The lowest BCUT2D eigenvalue weighted by atomic mass is 9.98. The summed E-state index contributed by atoms with van der Waals surface area (Å²) < 4.78 is 5.82. The van der Waals surface area contributed by atoms with Crippen LogP contribution < -0.4 is 10.1 Å². The molecule has 3 nitrogen and oxygen atoms in total. The van der Waals surface area contributed by atoms with Gasteiger partial charge in [0.05, 0.1) is 6.07 Å². The minimum absolute atomic E-state index is 0.271. The number of rotatable bonds is 8. The van der Waals surface area contributed by atoms with E-state index in [-0.39, 0.29) is 5.92 Å². The monoisotopic (exact) mass is 356 g/mol. The maximum absolute atomic E-state index is 8.80. The Morgan fingerprint density at radius 2 is 1.59 bits per heavy atom. The van der Waals surface area contributed by atoms with Crippen molar-refractivity contribution in [3.63, 3.8) is 0 Å². The molecule has 3 aromatic carbocycles. The van der Waals surface area contributed by atoms with Gasteiger partial charge in [-0.2, -0.15) is 5.26 Å². The first-order valence-electron chi connectivity index (χ1n) is 9.21. The van der Waals surface area contributed by atoms with Crippen molar-refractivity contribution in [3.05, 3.63) is 95.6 Å². The van der Waals surface area contributed by atoms with Gasteiger partial charge in [-0.1, -0.05) is 61.5 Å². The molecule has 0 aliphatic carbocycles. The average Bonchev–Trinajstić information content (AvgIpc) is 2.73. The first-order chi connectivity index (χ1) is 13.2. The first-order valence-corrected chi connectivity index (χ1v) is 9.21. The molecule has 0 aromatic heterocycles. The molecule has 3 rings (SSSR count). The smallest absolute Gasteiger partial charge is 0.119 e. The topological polar surface area (TPSA) is 45.0 Å². The van der Waals surface area contributed by atoms with E-state index in [2.05, 4.69) is 66.8 Å². The molecule has 0 aliphatic rings. The largest absolute Gasteiger partial charge is 0.489 e. The van der Waals surface area contributed by atoms with E-state index in [4.69, 9.17) is 10.00 Å². The zero-order valence-electron chi connectivity index (χ0n) is 15.6. The van der Waals surface area contributed by atoms with Crippen LogP contribution in [0.2, 0.25) is 0 Å². The quantitative estimate of drug-likeness (QED) is 0.547. The molecule has 3 aromatic rings. The Morgan fingerprint density at radius 1 is 0.889 bits per heavy atom. The van der Waals surface area contributed by atoms with Gasteiger partial charge in [-0.05, 0) is 46.9 Å². The summed E-state index contributed by atoms with van der Waals surface area (Å²) in [7, 11) is 0. The minimum Gasteiger partial charge on any atom is -0.489 e. The van der Waals surface area contributed by atoms with Crippen LogP contribution in [0, 0.1) is 11.3 Å². The van der Waals surface area contributed by atoms with Crippen LogP contribution in [-0.2, 0) is 13.2 Å². The molecule has 0 bridgehead atoms. The Morgan fingerprint density at radius 3 is 2.26 bits per heavy atom. The third kappa shape index (κ3) is 5.62. The number of hydrogen-bond acceptors (Lipinski definition) is 3. The van der Waals surface area contributed by atoms with Gasteiger partial charge in [0.1, 0.15) is 12.4 Å². The summed E-state index contributed by atoms with van der Waals surface area (Å²) >= 11 is 0. The number of benzene rings is 3. The van der Waals surface area contributed by atoms with Crippen molar-refractivity contribution in [2.24, 2.45) is 0 Å². The van der Waals surface area contributed by atoms with Gasteiger partial charge >= 0.3 is 0 Å². The SMILES string of the molecule is CC(CC#N)c1ccc(NCc2ccc(OCc3ccccc3)cc2)cc1. The van der Waals surface area contributed by atoms with Crippen LogP contribution in [0.25, 0.3) is 0 Å². The van der Waals surface area contributed by atoms with Crippen molar-refractivity contribution in [1.29, 1.82) is 5.26 Å². The summed E-state index contributed by atoms with van der Waals surface area (Å²) in [6.45, 7) is 3.41. The van der Waals surface area contributed by atoms with Crippen LogP contribution in [0.5, 0.6) is 5.75 Å². The molecule has 0 amide bonds. The number of anilines is 1. The second-order valence-corrected chi connectivity index (χ2v) is 6.66. The van der Waals surface area contributed by atoms with Gasteiger partial charge in [0, 0.05) is 18.7 Å². The van der Waals surface area contributed by atoms with Crippen LogP contribution in [-0.4, -0.2) is 0 Å². The molecule has 0 radical (unpaired) electrons. The number of nitrogens with one attached hydrogen (secondary N) is 1. The van der Waals surface area contributed by atoms with Crippen LogP contribution in [0.15, 0.2) is 78.9 Å². The fourth-order valence-electron chi connectivity index (χ4n) is 2.83. The highest BCUT2D eigenvalue weighted by Crippen LogP contribution is 2.21. The van der Waals surface area contributed by atoms with Crippen LogP contribution in [0.4, 0.5) is 5.69 Å². The molecular formula is C24H24N2O. The molecule has 136 valence electrons. The van der Waals surface area contributed by atoms with E-state index in [1.807, 2.05) is 30.3 Å². The second kappa shape index (κ2) is 9.45. The summed E-state index contributed by atoms with van der Waals surface area (Å²) in [5.74, 6) is 1.14. The summed E-state index contributed by atoms with van der Waals surface area (Å²) in [6, 6.07) is 28.9. The van der Waals surface area contributed by atoms with E-state index < -0.39 is 0 Å². The number of ether oxygens (including phenoxy) is 1. The van der Waals surface area contributed by atoms with Gasteiger partial charge in [-0.15, -0.1) is 0 Å². The molecule has 0 saturated heterocycles. The number of nitriles is 1. The fourth-order valence-corrected chi connectivity index (χ4v) is 2.83. The van der Waals surface area contributed by atoms with Crippen LogP contribution in [0.3, 0.4) is 0 Å². The zero-order chi connectivity index (χ0) is 18.9. The molecular weight excluding hydrogens is 332 g/mol. The van der Waals surface area contributed by atoms with Crippen molar-refractivity contribution < 1.29 is 4.74 Å². The molecule has 1 unspecified atom stereocenters. The Hall–Kier alpha value is -3.25. The van der Waals surface area contributed by atoms with Crippen molar-refractivity contribution in [3.8, 4) is 11.8 Å². The summed E-state index contributed by atoms with van der Waals surface area (Å²) in [5.41, 5.74) is 4.63. The summed E-state index contributed by atoms with van der Waals surface area (Å²) in [4.78, 5) is 0. The molecule has 0 aliphatic heterocycles. The first kappa shape index (κ1) is 18.5. The molecule has 0 spiro atoms. The number of nitrogens with zero attached hydrogens (tertiary/aromatic N) is 1. The van der Waals surface area contributed by atoms with Crippen molar-refractivity contribution in [2.45, 2.75) is 32.4 Å². The van der Waals surface area contributed by atoms with Gasteiger partial charge in [0.2, 0.25) is 0 Å². The van der Waals surface area contributed by atoms with Crippen LogP contribution in [0.1, 0.15) is 36.0 Å². The third-order valence-electron chi connectivity index (χ3n) is 4.55. The molecule has 1 N–H and O–H groups in total. The Balaban J connectivity index is 1.49. The second-order valence-electron chi connectivity index (χ2n) is 6.66. The van der Waals surface area contributed by atoms with Gasteiger partial charge in [-0.3, -0.25) is 0 Å². The molecule has 0 saturated carbocycles. The Kier molecular flexibility index (Phi) is 6.49. The van der Waals surface area contributed by atoms with E-state index in [9.17, 15) is 0 Å². The van der Waals surface area contributed by atoms with E-state index in [0.717, 1.165) is 23.5 Å². The molecule has 1 atom stereocenters. The maximum atomic E-state index is 8.80. The highest BCUT2D eigenvalue weighted by Gasteiger charge is 2.04. The highest BCUT2D eigenvalue weighted by atomic mass is 16.5. The van der Waals surface area contributed by atoms with Crippen molar-refractivity contribution >= 4 is 5.69 Å². The standard InChI is InChI=1S/C24H24N2O/c1-19(15-16-25)22-9-11-23(12-10-22)26-17-20-7-13-24(14-8-20)27-18-21-5-3-2-4-6-21/h2-14,19,26H,15,17-18H2,1H3.